The maximum absolute atomic E-state index is 5.86. The first-order chi connectivity index (χ1) is 10.1. The molecule has 2 N–H and O–H groups in total. The number of nitrogen functional groups attached to an aromatic ring is 1. The number of rotatable bonds is 6. The number of ether oxygens (including phenoxy) is 2. The fraction of sp³-hybridized carbons (Fsp3) is 0.235. The number of pyridine rings is 1. The highest BCUT2D eigenvalue weighted by atomic mass is 16.5. The zero-order chi connectivity index (χ0) is 15.2. The smallest absolute Gasteiger partial charge is 0.130 e. The third-order valence-electron chi connectivity index (χ3n) is 3.04. The number of anilines is 1. The van der Waals surface area contributed by atoms with Crippen LogP contribution in [0.2, 0.25) is 0 Å². The average Bonchev–Trinajstić information content (AvgIpc) is 2.46. The molecule has 4 nitrogen and oxygen atoms in total. The highest BCUT2D eigenvalue weighted by Gasteiger charge is 2.06. The topological polar surface area (TPSA) is 57.4 Å². The second kappa shape index (κ2) is 6.79. The van der Waals surface area contributed by atoms with Crippen LogP contribution in [0.3, 0.4) is 0 Å². The number of benzene rings is 1. The van der Waals surface area contributed by atoms with E-state index in [0.29, 0.717) is 13.0 Å². The number of hydrogen-bond acceptors (Lipinski definition) is 4. The fourth-order valence-electron chi connectivity index (χ4n) is 2.10. The first kappa shape index (κ1) is 14.9. The number of allylic oxidation sites excluding steroid dienone is 1. The van der Waals surface area contributed by atoms with Gasteiger partial charge in [-0.15, -0.1) is 6.58 Å². The Morgan fingerprint density at radius 2 is 2.10 bits per heavy atom. The molecule has 1 aromatic heterocycles. The normalized spacial score (nSPS) is 10.2. The van der Waals surface area contributed by atoms with Crippen molar-refractivity contribution < 1.29 is 9.47 Å². The SMILES string of the molecule is C=CCc1cc(N)ccc1OCc1cc(OC)cc(C)n1. The quantitative estimate of drug-likeness (QED) is 0.653. The van der Waals surface area contributed by atoms with Crippen molar-refractivity contribution in [3.8, 4) is 11.5 Å². The summed E-state index contributed by atoms with van der Waals surface area (Å²) in [4.78, 5) is 4.44. The molecule has 0 fully saturated rings. The van der Waals surface area contributed by atoms with Crippen molar-refractivity contribution in [1.82, 2.24) is 4.98 Å². The highest BCUT2D eigenvalue weighted by molar-refractivity contribution is 5.48. The van der Waals surface area contributed by atoms with Crippen molar-refractivity contribution in [3.05, 3.63) is 59.9 Å². The molecule has 110 valence electrons. The van der Waals surface area contributed by atoms with Crippen LogP contribution in [0.1, 0.15) is 17.0 Å². The first-order valence-corrected chi connectivity index (χ1v) is 6.76. The van der Waals surface area contributed by atoms with E-state index in [2.05, 4.69) is 11.6 Å². The van der Waals surface area contributed by atoms with Gasteiger partial charge in [0.2, 0.25) is 0 Å². The third kappa shape index (κ3) is 3.99. The van der Waals surface area contributed by atoms with E-state index in [0.717, 1.165) is 34.1 Å². The first-order valence-electron chi connectivity index (χ1n) is 6.76. The van der Waals surface area contributed by atoms with E-state index in [1.165, 1.54) is 0 Å². The Bertz CT molecular complexity index is 639. The van der Waals surface area contributed by atoms with Crippen molar-refractivity contribution in [3.63, 3.8) is 0 Å². The van der Waals surface area contributed by atoms with Gasteiger partial charge in [-0.1, -0.05) is 6.08 Å². The molecule has 0 aliphatic carbocycles. The second-order valence-corrected chi connectivity index (χ2v) is 4.79. The highest BCUT2D eigenvalue weighted by Crippen LogP contribution is 2.23. The van der Waals surface area contributed by atoms with Crippen LogP contribution in [0.4, 0.5) is 5.69 Å². The van der Waals surface area contributed by atoms with Gasteiger partial charge < -0.3 is 15.2 Å². The summed E-state index contributed by atoms with van der Waals surface area (Å²) >= 11 is 0. The largest absolute Gasteiger partial charge is 0.497 e. The number of nitrogens with zero attached hydrogens (tertiary/aromatic N) is 1. The lowest BCUT2D eigenvalue weighted by atomic mass is 10.1. The van der Waals surface area contributed by atoms with E-state index in [-0.39, 0.29) is 0 Å². The Kier molecular flexibility index (Phi) is 4.82. The maximum Gasteiger partial charge on any atom is 0.130 e. The van der Waals surface area contributed by atoms with Gasteiger partial charge in [0.25, 0.3) is 0 Å². The molecule has 0 bridgehead atoms. The molecule has 1 aromatic carbocycles. The van der Waals surface area contributed by atoms with Gasteiger partial charge in [0.1, 0.15) is 18.1 Å². The predicted molar refractivity (Wildman–Crippen MR) is 84.6 cm³/mol. The van der Waals surface area contributed by atoms with Crippen LogP contribution in [0.5, 0.6) is 11.5 Å². The lowest BCUT2D eigenvalue weighted by Crippen LogP contribution is -2.02. The Morgan fingerprint density at radius 1 is 1.29 bits per heavy atom. The van der Waals surface area contributed by atoms with E-state index in [1.807, 2.05) is 43.3 Å². The van der Waals surface area contributed by atoms with Crippen LogP contribution >= 0.6 is 0 Å². The summed E-state index contributed by atoms with van der Waals surface area (Å²) in [5.41, 5.74) is 9.27. The molecular formula is C17H20N2O2. The molecule has 4 heteroatoms. The standard InChI is InChI=1S/C17H20N2O2/c1-4-5-13-9-14(18)6-7-17(13)21-11-15-10-16(20-3)8-12(2)19-15/h4,6-10H,1,5,11,18H2,2-3H3. The Balaban J connectivity index is 2.16. The summed E-state index contributed by atoms with van der Waals surface area (Å²) < 4.78 is 11.1. The fourth-order valence-corrected chi connectivity index (χ4v) is 2.10. The summed E-state index contributed by atoms with van der Waals surface area (Å²) in [6.45, 7) is 6.06. The number of nitrogens with two attached hydrogens (primary N) is 1. The van der Waals surface area contributed by atoms with Crippen LogP contribution in [0.15, 0.2) is 43.0 Å². The molecule has 0 atom stereocenters. The van der Waals surface area contributed by atoms with Crippen molar-refractivity contribution >= 4 is 5.69 Å². The minimum atomic E-state index is 0.381. The predicted octanol–water partition coefficient (Wildman–Crippen LogP) is 3.29. The summed E-state index contributed by atoms with van der Waals surface area (Å²) in [6.07, 6.45) is 2.54. The summed E-state index contributed by atoms with van der Waals surface area (Å²) in [7, 11) is 1.64. The third-order valence-corrected chi connectivity index (χ3v) is 3.04. The van der Waals surface area contributed by atoms with E-state index in [4.69, 9.17) is 15.2 Å². The number of hydrogen-bond donors (Lipinski definition) is 1. The van der Waals surface area contributed by atoms with Gasteiger partial charge in [0, 0.05) is 23.5 Å². The number of methoxy groups -OCH3 is 1. The van der Waals surface area contributed by atoms with Gasteiger partial charge >= 0.3 is 0 Å². The van der Waals surface area contributed by atoms with Crippen LogP contribution in [0.25, 0.3) is 0 Å². The molecule has 0 amide bonds. The van der Waals surface area contributed by atoms with Crippen LogP contribution in [-0.2, 0) is 13.0 Å². The van der Waals surface area contributed by atoms with Crippen LogP contribution in [-0.4, -0.2) is 12.1 Å². The molecule has 2 aromatic rings. The lowest BCUT2D eigenvalue weighted by Gasteiger charge is -2.12. The molecular weight excluding hydrogens is 264 g/mol. The molecule has 2 rings (SSSR count). The molecule has 0 saturated carbocycles. The Hall–Kier alpha value is -2.49. The van der Waals surface area contributed by atoms with Gasteiger partial charge in [0.15, 0.2) is 0 Å². The minimum absolute atomic E-state index is 0.381. The van der Waals surface area contributed by atoms with Crippen molar-refractivity contribution in [2.24, 2.45) is 0 Å². The van der Waals surface area contributed by atoms with Crippen molar-refractivity contribution in [1.29, 1.82) is 0 Å². The molecule has 0 unspecified atom stereocenters. The molecule has 0 spiro atoms. The summed E-state index contributed by atoms with van der Waals surface area (Å²) in [5.74, 6) is 1.58. The van der Waals surface area contributed by atoms with Gasteiger partial charge in [-0.25, -0.2) is 0 Å². The Morgan fingerprint density at radius 3 is 2.81 bits per heavy atom. The maximum atomic E-state index is 5.86. The van der Waals surface area contributed by atoms with E-state index >= 15 is 0 Å². The summed E-state index contributed by atoms with van der Waals surface area (Å²) in [6, 6.07) is 9.36. The van der Waals surface area contributed by atoms with E-state index in [9.17, 15) is 0 Å². The number of aromatic nitrogens is 1. The van der Waals surface area contributed by atoms with Gasteiger partial charge in [-0.2, -0.15) is 0 Å². The van der Waals surface area contributed by atoms with E-state index in [1.54, 1.807) is 7.11 Å². The molecule has 21 heavy (non-hydrogen) atoms. The molecule has 0 saturated heterocycles. The average molecular weight is 284 g/mol. The van der Waals surface area contributed by atoms with Crippen molar-refractivity contribution in [2.45, 2.75) is 20.0 Å². The zero-order valence-electron chi connectivity index (χ0n) is 12.4. The zero-order valence-corrected chi connectivity index (χ0v) is 12.4. The molecule has 0 radical (unpaired) electrons. The molecule has 0 aliphatic heterocycles. The second-order valence-electron chi connectivity index (χ2n) is 4.79. The monoisotopic (exact) mass is 284 g/mol. The molecule has 0 aliphatic rings. The van der Waals surface area contributed by atoms with Gasteiger partial charge in [-0.3, -0.25) is 4.98 Å². The Labute approximate surface area is 125 Å². The van der Waals surface area contributed by atoms with Crippen molar-refractivity contribution in [2.75, 3.05) is 12.8 Å². The molecule has 1 heterocycles. The van der Waals surface area contributed by atoms with E-state index < -0.39 is 0 Å². The number of aryl methyl sites for hydroxylation is 1. The van der Waals surface area contributed by atoms with Gasteiger partial charge in [-0.05, 0) is 37.1 Å². The van der Waals surface area contributed by atoms with Crippen LogP contribution in [0, 0.1) is 6.92 Å². The van der Waals surface area contributed by atoms with Gasteiger partial charge in [0.05, 0.1) is 12.8 Å². The minimum Gasteiger partial charge on any atom is -0.497 e. The summed E-state index contributed by atoms with van der Waals surface area (Å²) in [5, 5.41) is 0. The van der Waals surface area contributed by atoms with Crippen LogP contribution < -0.4 is 15.2 Å². The lowest BCUT2D eigenvalue weighted by molar-refractivity contribution is 0.297.